The van der Waals surface area contributed by atoms with Gasteiger partial charge in [-0.1, -0.05) is 7.43 Å². The van der Waals surface area contributed by atoms with E-state index in [0.717, 1.165) is 0 Å². The molecule has 0 aromatic rings. The van der Waals surface area contributed by atoms with Gasteiger partial charge in [-0.3, -0.25) is 0 Å². The molecule has 0 fully saturated rings. The summed E-state index contributed by atoms with van der Waals surface area (Å²) in [5.41, 5.74) is 0. The van der Waals surface area contributed by atoms with Gasteiger partial charge in [-0.15, -0.1) is 0 Å². The Hall–Kier alpha value is -0.810. The van der Waals surface area contributed by atoms with Crippen molar-refractivity contribution in [3.8, 4) is 0 Å². The van der Waals surface area contributed by atoms with E-state index in [-0.39, 0.29) is 21.0 Å². The summed E-state index contributed by atoms with van der Waals surface area (Å²) < 4.78 is 17.5. The fraction of sp³-hybridized carbons (Fsp3) is 0.833. The Morgan fingerprint density at radius 1 is 1.09 bits per heavy atom. The second kappa shape index (κ2) is 9.19. The van der Waals surface area contributed by atoms with Crippen LogP contribution >= 0.6 is 0 Å². The molecule has 0 bridgehead atoms. The molecule has 0 aliphatic heterocycles. The Bertz CT molecular complexity index is 83.0. The van der Waals surface area contributed by atoms with Crippen LogP contribution in [0.5, 0.6) is 0 Å². The van der Waals surface area contributed by atoms with Crippen molar-refractivity contribution in [3.63, 3.8) is 0 Å². The van der Waals surface area contributed by atoms with Crippen molar-refractivity contribution in [1.82, 2.24) is 0 Å². The molecule has 0 aliphatic rings. The molecule has 0 saturated carbocycles. The first-order valence-corrected chi connectivity index (χ1v) is 2.58. The lowest BCUT2D eigenvalue weighted by Gasteiger charge is -2.02. The van der Waals surface area contributed by atoms with Gasteiger partial charge in [0.25, 0.3) is 0 Å². The van der Waals surface area contributed by atoms with Gasteiger partial charge in [0.2, 0.25) is 0 Å². The van der Waals surface area contributed by atoms with E-state index in [0.29, 0.717) is 0 Å². The molecule has 0 aromatic heterocycles. The summed E-state index contributed by atoms with van der Waals surface area (Å²) in [5.74, 6) is 0. The predicted octanol–water partition coefficient (Wildman–Crippen LogP) is 0.984. The van der Waals surface area contributed by atoms with Crippen LogP contribution in [0.1, 0.15) is 7.43 Å². The summed E-state index contributed by atoms with van der Waals surface area (Å²) in [4.78, 5) is 10.4. The maximum Gasteiger partial charge on any atom is 0.512 e. The number of carbonyl (C=O) groups is 1. The van der Waals surface area contributed by atoms with Gasteiger partial charge >= 0.3 is 6.16 Å². The fourth-order valence-corrected chi connectivity index (χ4v) is 0.256. The molecule has 0 aromatic carbocycles. The lowest BCUT2D eigenvalue weighted by atomic mass is 11.2. The van der Waals surface area contributed by atoms with E-state index in [1.165, 1.54) is 14.2 Å². The molecule has 68 valence electrons. The molecule has 0 atom stereocenters. The van der Waals surface area contributed by atoms with Gasteiger partial charge in [-0.05, 0) is 0 Å². The van der Waals surface area contributed by atoms with Gasteiger partial charge in [0, 0.05) is 14.2 Å². The zero-order chi connectivity index (χ0) is 7.82. The molecule has 5 heteroatoms. The van der Waals surface area contributed by atoms with Crippen molar-refractivity contribution in [2.75, 3.05) is 27.8 Å². The SMILES string of the molecule is C.COCOC(=O)OCOC. The van der Waals surface area contributed by atoms with Gasteiger partial charge in [0.15, 0.2) is 13.6 Å². The van der Waals surface area contributed by atoms with E-state index in [2.05, 4.69) is 18.9 Å². The van der Waals surface area contributed by atoms with Crippen molar-refractivity contribution >= 4 is 6.16 Å². The molecule has 0 saturated heterocycles. The van der Waals surface area contributed by atoms with Crippen LogP contribution in [0.4, 0.5) is 4.79 Å². The summed E-state index contributed by atoms with van der Waals surface area (Å²) in [7, 11) is 2.81. The quantitative estimate of drug-likeness (QED) is 0.460. The van der Waals surface area contributed by atoms with E-state index < -0.39 is 6.16 Å². The largest absolute Gasteiger partial charge is 0.512 e. The number of ether oxygens (including phenoxy) is 4. The number of rotatable bonds is 4. The first kappa shape index (κ1) is 12.8. The molecule has 0 radical (unpaired) electrons. The Morgan fingerprint density at radius 2 is 1.45 bits per heavy atom. The van der Waals surface area contributed by atoms with Crippen LogP contribution in [0, 0.1) is 0 Å². The maximum atomic E-state index is 10.4. The molecule has 0 unspecified atom stereocenters. The van der Waals surface area contributed by atoms with Crippen molar-refractivity contribution in [1.29, 1.82) is 0 Å². The molecule has 0 heterocycles. The van der Waals surface area contributed by atoms with Crippen LogP contribution < -0.4 is 0 Å². The van der Waals surface area contributed by atoms with Crippen molar-refractivity contribution in [2.45, 2.75) is 7.43 Å². The first-order chi connectivity index (χ1) is 4.81. The lowest BCUT2D eigenvalue weighted by molar-refractivity contribution is -0.0615. The molecule has 11 heavy (non-hydrogen) atoms. The number of carbonyl (C=O) groups excluding carboxylic acids is 1. The molecule has 0 rings (SSSR count). The van der Waals surface area contributed by atoms with Gasteiger partial charge in [-0.25, -0.2) is 4.79 Å². The molecule has 0 aliphatic carbocycles. The predicted molar refractivity (Wildman–Crippen MR) is 38.0 cm³/mol. The highest BCUT2D eigenvalue weighted by Gasteiger charge is 2.00. The molecule has 0 spiro atoms. The second-order valence-electron chi connectivity index (χ2n) is 1.35. The van der Waals surface area contributed by atoms with Gasteiger partial charge in [-0.2, -0.15) is 0 Å². The Balaban J connectivity index is 0. The zero-order valence-corrected chi connectivity index (χ0v) is 5.96. The lowest BCUT2D eigenvalue weighted by Crippen LogP contribution is -2.10. The minimum atomic E-state index is -0.802. The Labute approximate surface area is 66.2 Å². The smallest absolute Gasteiger partial charge is 0.407 e. The minimum Gasteiger partial charge on any atom is -0.407 e. The highest BCUT2D eigenvalue weighted by molar-refractivity contribution is 5.59. The third-order valence-corrected chi connectivity index (χ3v) is 0.589. The molecule has 5 nitrogen and oxygen atoms in total. The monoisotopic (exact) mass is 166 g/mol. The normalized spacial score (nSPS) is 8.18. The number of hydrogen-bond acceptors (Lipinski definition) is 5. The third kappa shape index (κ3) is 9.19. The molecule has 0 amide bonds. The highest BCUT2D eigenvalue weighted by Crippen LogP contribution is 1.84. The molecule has 0 N–H and O–H groups in total. The summed E-state index contributed by atoms with van der Waals surface area (Å²) in [6, 6.07) is 0. The van der Waals surface area contributed by atoms with Crippen LogP contribution in [-0.4, -0.2) is 34.0 Å². The Morgan fingerprint density at radius 3 is 1.73 bits per heavy atom. The standard InChI is InChI=1S/C5H10O5.CH4/c1-7-3-9-5(6)10-4-8-2;/h3-4H2,1-2H3;1H4. The van der Waals surface area contributed by atoms with Crippen molar-refractivity contribution in [2.24, 2.45) is 0 Å². The fourth-order valence-electron chi connectivity index (χ4n) is 0.256. The third-order valence-electron chi connectivity index (χ3n) is 0.589. The Kier molecular flexibility index (Phi) is 10.7. The number of methoxy groups -OCH3 is 2. The van der Waals surface area contributed by atoms with Crippen LogP contribution in [0.25, 0.3) is 0 Å². The van der Waals surface area contributed by atoms with Crippen LogP contribution in [-0.2, 0) is 18.9 Å². The van der Waals surface area contributed by atoms with E-state index in [1.807, 2.05) is 0 Å². The zero-order valence-electron chi connectivity index (χ0n) is 5.96. The summed E-state index contributed by atoms with van der Waals surface area (Å²) in [6.07, 6.45) is -0.802. The number of hydrogen-bond donors (Lipinski definition) is 0. The molecular weight excluding hydrogens is 152 g/mol. The van der Waals surface area contributed by atoms with E-state index >= 15 is 0 Å². The van der Waals surface area contributed by atoms with Crippen molar-refractivity contribution < 1.29 is 23.7 Å². The average molecular weight is 166 g/mol. The summed E-state index contributed by atoms with van der Waals surface area (Å²) >= 11 is 0. The molecular formula is C6H14O5. The topological polar surface area (TPSA) is 54.0 Å². The summed E-state index contributed by atoms with van der Waals surface area (Å²) in [6.45, 7) is -0.217. The van der Waals surface area contributed by atoms with E-state index in [4.69, 9.17) is 0 Å². The van der Waals surface area contributed by atoms with E-state index in [1.54, 1.807) is 0 Å². The van der Waals surface area contributed by atoms with Gasteiger partial charge in [0.05, 0.1) is 0 Å². The van der Waals surface area contributed by atoms with Crippen LogP contribution in [0.3, 0.4) is 0 Å². The first-order valence-electron chi connectivity index (χ1n) is 2.58. The van der Waals surface area contributed by atoms with Gasteiger partial charge in [0.1, 0.15) is 0 Å². The average Bonchev–Trinajstić information content (AvgIpc) is 1.97. The van der Waals surface area contributed by atoms with E-state index in [9.17, 15) is 4.79 Å². The summed E-state index contributed by atoms with van der Waals surface area (Å²) in [5, 5.41) is 0. The van der Waals surface area contributed by atoms with Crippen molar-refractivity contribution in [3.05, 3.63) is 0 Å². The minimum absolute atomic E-state index is 0. The maximum absolute atomic E-state index is 10.4. The highest BCUT2D eigenvalue weighted by atomic mass is 16.8. The van der Waals surface area contributed by atoms with Gasteiger partial charge < -0.3 is 18.9 Å². The van der Waals surface area contributed by atoms with Crippen LogP contribution in [0.15, 0.2) is 0 Å². The second-order valence-corrected chi connectivity index (χ2v) is 1.35. The van der Waals surface area contributed by atoms with Crippen LogP contribution in [0.2, 0.25) is 0 Å².